The zero-order chi connectivity index (χ0) is 13.4. The lowest BCUT2D eigenvalue weighted by atomic mass is 10.2. The highest BCUT2D eigenvalue weighted by atomic mass is 19.2. The molecule has 5 heteroatoms. The van der Waals surface area contributed by atoms with Crippen LogP contribution in [0.1, 0.15) is 23.7 Å². The van der Waals surface area contributed by atoms with Crippen LogP contribution in [0.15, 0.2) is 30.5 Å². The molecule has 1 aliphatic rings. The SMILES string of the molecule is Fc1cc(F)c(NC2CCc3cccnc32)cc1F. The molecule has 0 aliphatic heterocycles. The Morgan fingerprint density at radius 2 is 1.89 bits per heavy atom. The molecule has 0 amide bonds. The zero-order valence-corrected chi connectivity index (χ0v) is 9.96. The molecule has 19 heavy (non-hydrogen) atoms. The van der Waals surface area contributed by atoms with E-state index in [1.165, 1.54) is 0 Å². The second kappa shape index (κ2) is 4.57. The summed E-state index contributed by atoms with van der Waals surface area (Å²) in [6.07, 6.45) is 3.26. The summed E-state index contributed by atoms with van der Waals surface area (Å²) in [5, 5.41) is 2.89. The molecule has 0 fully saturated rings. The molecule has 1 N–H and O–H groups in total. The van der Waals surface area contributed by atoms with E-state index in [0.717, 1.165) is 30.2 Å². The van der Waals surface area contributed by atoms with Crippen LogP contribution in [-0.2, 0) is 6.42 Å². The van der Waals surface area contributed by atoms with Gasteiger partial charge >= 0.3 is 0 Å². The van der Waals surface area contributed by atoms with Gasteiger partial charge in [0.1, 0.15) is 5.82 Å². The predicted octanol–water partition coefficient (Wildman–Crippen LogP) is 3.60. The van der Waals surface area contributed by atoms with Gasteiger partial charge in [-0.3, -0.25) is 4.98 Å². The number of rotatable bonds is 2. The number of pyridine rings is 1. The van der Waals surface area contributed by atoms with Gasteiger partial charge in [0.25, 0.3) is 0 Å². The maximum atomic E-state index is 13.6. The normalized spacial score (nSPS) is 17.3. The third-order valence-corrected chi connectivity index (χ3v) is 3.30. The van der Waals surface area contributed by atoms with Gasteiger partial charge in [-0.05, 0) is 24.5 Å². The van der Waals surface area contributed by atoms with Gasteiger partial charge in [-0.2, -0.15) is 0 Å². The van der Waals surface area contributed by atoms with Crippen LogP contribution in [0.5, 0.6) is 0 Å². The molecule has 2 nitrogen and oxygen atoms in total. The second-order valence-electron chi connectivity index (χ2n) is 4.53. The van der Waals surface area contributed by atoms with Crippen molar-refractivity contribution in [3.05, 3.63) is 59.2 Å². The average Bonchev–Trinajstić information content (AvgIpc) is 2.80. The molecule has 0 saturated carbocycles. The zero-order valence-electron chi connectivity index (χ0n) is 9.96. The van der Waals surface area contributed by atoms with Crippen LogP contribution in [0.4, 0.5) is 18.9 Å². The van der Waals surface area contributed by atoms with Crippen molar-refractivity contribution in [3.63, 3.8) is 0 Å². The van der Waals surface area contributed by atoms with Crippen LogP contribution in [0, 0.1) is 17.5 Å². The standard InChI is InChI=1S/C14H11F3N2/c15-9-6-11(17)13(7-10(9)16)19-12-4-3-8-2-1-5-18-14(8)12/h1-2,5-7,12,19H,3-4H2. The molecule has 1 atom stereocenters. The first-order valence-corrected chi connectivity index (χ1v) is 6.00. The lowest BCUT2D eigenvalue weighted by molar-refractivity contribution is 0.495. The Morgan fingerprint density at radius 3 is 2.74 bits per heavy atom. The molecule has 1 heterocycles. The summed E-state index contributed by atoms with van der Waals surface area (Å²) in [5.74, 6) is -3.06. The Morgan fingerprint density at radius 1 is 1.11 bits per heavy atom. The van der Waals surface area contributed by atoms with Crippen molar-refractivity contribution >= 4 is 5.69 Å². The summed E-state index contributed by atoms with van der Waals surface area (Å²) in [7, 11) is 0. The molecule has 98 valence electrons. The summed E-state index contributed by atoms with van der Waals surface area (Å²) in [6, 6.07) is 5.03. The highest BCUT2D eigenvalue weighted by molar-refractivity contribution is 5.48. The smallest absolute Gasteiger partial charge is 0.161 e. The van der Waals surface area contributed by atoms with E-state index in [4.69, 9.17) is 0 Å². The first-order valence-electron chi connectivity index (χ1n) is 6.00. The molecule has 1 aromatic heterocycles. The van der Waals surface area contributed by atoms with Gasteiger partial charge in [0, 0.05) is 18.3 Å². The van der Waals surface area contributed by atoms with Crippen LogP contribution in [0.2, 0.25) is 0 Å². The van der Waals surface area contributed by atoms with E-state index in [0.29, 0.717) is 6.07 Å². The third kappa shape index (κ3) is 2.16. The minimum absolute atomic E-state index is 0.0394. The Balaban J connectivity index is 1.89. The van der Waals surface area contributed by atoms with E-state index in [9.17, 15) is 13.2 Å². The highest BCUT2D eigenvalue weighted by Gasteiger charge is 2.24. The maximum Gasteiger partial charge on any atom is 0.161 e. The molecule has 0 saturated heterocycles. The van der Waals surface area contributed by atoms with Crippen molar-refractivity contribution in [1.82, 2.24) is 4.98 Å². The Kier molecular flexibility index (Phi) is 2.89. The maximum absolute atomic E-state index is 13.6. The van der Waals surface area contributed by atoms with Crippen LogP contribution in [0.25, 0.3) is 0 Å². The van der Waals surface area contributed by atoms with Gasteiger partial charge in [0.05, 0.1) is 17.4 Å². The topological polar surface area (TPSA) is 24.9 Å². The Bertz CT molecular complexity index is 628. The van der Waals surface area contributed by atoms with Crippen molar-refractivity contribution in [2.75, 3.05) is 5.32 Å². The van der Waals surface area contributed by atoms with Gasteiger partial charge in [0.2, 0.25) is 0 Å². The molecule has 1 aromatic carbocycles. The molecule has 3 rings (SSSR count). The number of anilines is 1. The van der Waals surface area contributed by atoms with Crippen molar-refractivity contribution in [1.29, 1.82) is 0 Å². The molecule has 0 spiro atoms. The number of hydrogen-bond acceptors (Lipinski definition) is 2. The Labute approximate surface area is 108 Å². The number of aryl methyl sites for hydroxylation is 1. The number of hydrogen-bond donors (Lipinski definition) is 1. The van der Waals surface area contributed by atoms with E-state index < -0.39 is 17.5 Å². The minimum atomic E-state index is -1.19. The fourth-order valence-corrected chi connectivity index (χ4v) is 2.37. The number of nitrogens with zero attached hydrogens (tertiary/aromatic N) is 1. The van der Waals surface area contributed by atoms with Crippen molar-refractivity contribution in [3.8, 4) is 0 Å². The molecule has 1 aliphatic carbocycles. The van der Waals surface area contributed by atoms with Gasteiger partial charge in [-0.15, -0.1) is 0 Å². The summed E-state index contributed by atoms with van der Waals surface area (Å²) < 4.78 is 39.6. The van der Waals surface area contributed by atoms with Gasteiger partial charge < -0.3 is 5.32 Å². The quantitative estimate of drug-likeness (QED) is 0.838. The largest absolute Gasteiger partial charge is 0.374 e. The van der Waals surface area contributed by atoms with Gasteiger partial charge in [-0.1, -0.05) is 6.07 Å². The molecule has 0 radical (unpaired) electrons. The second-order valence-corrected chi connectivity index (χ2v) is 4.53. The van der Waals surface area contributed by atoms with E-state index in [1.807, 2.05) is 12.1 Å². The number of fused-ring (bicyclic) bond motifs is 1. The first-order chi connectivity index (χ1) is 9.15. The molecular weight excluding hydrogens is 253 g/mol. The summed E-state index contributed by atoms with van der Waals surface area (Å²) in [5.41, 5.74) is 1.90. The predicted molar refractivity (Wildman–Crippen MR) is 65.2 cm³/mol. The molecular formula is C14H11F3N2. The molecule has 1 unspecified atom stereocenters. The van der Waals surface area contributed by atoms with Crippen LogP contribution < -0.4 is 5.32 Å². The number of benzene rings is 1. The average molecular weight is 264 g/mol. The van der Waals surface area contributed by atoms with Gasteiger partial charge in [-0.25, -0.2) is 13.2 Å². The van der Waals surface area contributed by atoms with E-state index in [2.05, 4.69) is 10.3 Å². The van der Waals surface area contributed by atoms with Crippen LogP contribution in [0.3, 0.4) is 0 Å². The fraction of sp³-hybridized carbons (Fsp3) is 0.214. The molecule has 0 bridgehead atoms. The lowest BCUT2D eigenvalue weighted by Crippen LogP contribution is -2.10. The van der Waals surface area contributed by atoms with Gasteiger partial charge in [0.15, 0.2) is 11.6 Å². The van der Waals surface area contributed by atoms with Crippen LogP contribution >= 0.6 is 0 Å². The lowest BCUT2D eigenvalue weighted by Gasteiger charge is -2.15. The van der Waals surface area contributed by atoms with Crippen molar-refractivity contribution in [2.24, 2.45) is 0 Å². The van der Waals surface area contributed by atoms with E-state index >= 15 is 0 Å². The number of halogens is 3. The highest BCUT2D eigenvalue weighted by Crippen LogP contribution is 2.33. The van der Waals surface area contributed by atoms with E-state index in [-0.39, 0.29) is 11.7 Å². The summed E-state index contributed by atoms with van der Waals surface area (Å²) in [4.78, 5) is 4.25. The third-order valence-electron chi connectivity index (χ3n) is 3.30. The first kappa shape index (κ1) is 12.0. The Hall–Kier alpha value is -2.04. The fourth-order valence-electron chi connectivity index (χ4n) is 2.37. The minimum Gasteiger partial charge on any atom is -0.374 e. The van der Waals surface area contributed by atoms with Crippen LogP contribution in [-0.4, -0.2) is 4.98 Å². The monoisotopic (exact) mass is 264 g/mol. The van der Waals surface area contributed by atoms with Crippen molar-refractivity contribution < 1.29 is 13.2 Å². The number of nitrogens with one attached hydrogen (secondary N) is 1. The summed E-state index contributed by atoms with van der Waals surface area (Å²) in [6.45, 7) is 0. The van der Waals surface area contributed by atoms with Crippen molar-refractivity contribution in [2.45, 2.75) is 18.9 Å². The molecule has 2 aromatic rings. The van der Waals surface area contributed by atoms with E-state index in [1.54, 1.807) is 6.20 Å². The number of aromatic nitrogens is 1. The summed E-state index contributed by atoms with van der Waals surface area (Å²) >= 11 is 0.